The van der Waals surface area contributed by atoms with Crippen LogP contribution in [0.3, 0.4) is 0 Å². The van der Waals surface area contributed by atoms with E-state index in [1.165, 1.54) is 46.2 Å². The van der Waals surface area contributed by atoms with E-state index in [4.69, 9.17) is 0 Å². The van der Waals surface area contributed by atoms with Crippen molar-refractivity contribution in [3.8, 4) is 11.1 Å². The second-order valence-electron chi connectivity index (χ2n) is 6.77. The number of halogens is 2. The first kappa shape index (κ1) is 24.2. The smallest absolute Gasteiger partial charge is 0.0207 e. The van der Waals surface area contributed by atoms with Crippen LogP contribution in [0, 0.1) is 5.92 Å². The molecule has 0 saturated heterocycles. The summed E-state index contributed by atoms with van der Waals surface area (Å²) < 4.78 is 0. The van der Waals surface area contributed by atoms with Crippen molar-refractivity contribution in [2.45, 2.75) is 32.6 Å². The number of benzene rings is 2. The first-order valence-electron chi connectivity index (χ1n) is 9.14. The largest absolute Gasteiger partial charge is 0.147 e. The van der Waals surface area contributed by atoms with Gasteiger partial charge in [0.2, 0.25) is 0 Å². The van der Waals surface area contributed by atoms with Crippen molar-refractivity contribution in [3.05, 3.63) is 89.5 Å². The second-order valence-corrected chi connectivity index (χ2v) is 6.77. The molecule has 0 N–H and O–H groups in total. The van der Waals surface area contributed by atoms with Gasteiger partial charge >= 0.3 is 0 Å². The Balaban J connectivity index is 0.00000121. The van der Waals surface area contributed by atoms with Gasteiger partial charge in [-0.1, -0.05) is 92.6 Å². The quantitative estimate of drug-likeness (QED) is 0.336. The average Bonchev–Trinajstić information content (AvgIpc) is 3.26. The van der Waals surface area contributed by atoms with E-state index in [9.17, 15) is 0 Å². The van der Waals surface area contributed by atoms with E-state index in [-0.39, 0.29) is 51.0 Å². The standard InChI is InChI=1S/C24H24.2ClH.Zr/c1-2-3-4-14-21(18-10-5-6-11-18)23-16-9-13-20-17-19-12-7-8-15-22(19)24(20)23;;;/h5-16,18H,2-4,17H2,1H3;2*1H;/b21-14-;;;. The molecule has 2 aliphatic rings. The monoisotopic (exact) mass is 474 g/mol. The molecular weight excluding hydrogens is 450 g/mol. The van der Waals surface area contributed by atoms with Gasteiger partial charge in [0.15, 0.2) is 0 Å². The summed E-state index contributed by atoms with van der Waals surface area (Å²) in [6.07, 6.45) is 16.2. The third-order valence-electron chi connectivity index (χ3n) is 5.16. The van der Waals surface area contributed by atoms with Crippen molar-refractivity contribution in [1.82, 2.24) is 0 Å². The van der Waals surface area contributed by atoms with Crippen LogP contribution in [0.4, 0.5) is 0 Å². The van der Waals surface area contributed by atoms with E-state index in [0.29, 0.717) is 5.92 Å². The molecule has 0 fully saturated rings. The van der Waals surface area contributed by atoms with Crippen LogP contribution in [0.25, 0.3) is 16.7 Å². The predicted molar refractivity (Wildman–Crippen MR) is 118 cm³/mol. The fourth-order valence-electron chi connectivity index (χ4n) is 3.96. The molecule has 2 aromatic rings. The van der Waals surface area contributed by atoms with Gasteiger partial charge in [-0.2, -0.15) is 0 Å². The Hall–Kier alpha value is -0.877. The normalized spacial score (nSPS) is 14.0. The van der Waals surface area contributed by atoms with Crippen LogP contribution in [-0.4, -0.2) is 0 Å². The van der Waals surface area contributed by atoms with Crippen molar-refractivity contribution in [1.29, 1.82) is 0 Å². The Morgan fingerprint density at radius 2 is 1.67 bits per heavy atom. The van der Waals surface area contributed by atoms with Crippen molar-refractivity contribution in [3.63, 3.8) is 0 Å². The Morgan fingerprint density at radius 3 is 2.41 bits per heavy atom. The summed E-state index contributed by atoms with van der Waals surface area (Å²) in [4.78, 5) is 0. The third-order valence-corrected chi connectivity index (χ3v) is 5.16. The SMILES string of the molecule is CCCC/C=C(\c1cccc2c1-c1ccccc1C2)C1C=CC=C1.Cl.Cl.[Zr]. The van der Waals surface area contributed by atoms with Gasteiger partial charge in [0, 0.05) is 32.1 Å². The molecule has 0 bridgehead atoms. The van der Waals surface area contributed by atoms with Gasteiger partial charge in [-0.05, 0) is 46.2 Å². The molecule has 0 unspecified atom stereocenters. The van der Waals surface area contributed by atoms with E-state index in [2.05, 4.69) is 79.8 Å². The molecule has 140 valence electrons. The molecule has 2 aliphatic carbocycles. The zero-order chi connectivity index (χ0) is 16.4. The molecule has 0 radical (unpaired) electrons. The zero-order valence-electron chi connectivity index (χ0n) is 15.7. The average molecular weight is 477 g/mol. The van der Waals surface area contributed by atoms with Crippen LogP contribution >= 0.6 is 24.8 Å². The first-order valence-corrected chi connectivity index (χ1v) is 9.14. The first-order chi connectivity index (χ1) is 11.9. The fraction of sp³-hybridized carbons (Fsp3) is 0.250. The molecule has 2 aromatic carbocycles. The molecule has 0 spiro atoms. The molecule has 0 aliphatic heterocycles. The van der Waals surface area contributed by atoms with Gasteiger partial charge in [0.25, 0.3) is 0 Å². The van der Waals surface area contributed by atoms with Gasteiger partial charge in [-0.15, -0.1) is 24.8 Å². The Kier molecular flexibility index (Phi) is 10.0. The fourth-order valence-corrected chi connectivity index (χ4v) is 3.96. The van der Waals surface area contributed by atoms with E-state index in [0.717, 1.165) is 12.8 Å². The van der Waals surface area contributed by atoms with Gasteiger partial charge < -0.3 is 0 Å². The van der Waals surface area contributed by atoms with Gasteiger partial charge in [-0.3, -0.25) is 0 Å². The number of hydrogen-bond acceptors (Lipinski definition) is 0. The summed E-state index contributed by atoms with van der Waals surface area (Å²) >= 11 is 0. The van der Waals surface area contributed by atoms with Crippen molar-refractivity contribution in [2.24, 2.45) is 5.92 Å². The van der Waals surface area contributed by atoms with Crippen molar-refractivity contribution < 1.29 is 26.2 Å². The summed E-state index contributed by atoms with van der Waals surface area (Å²) in [5, 5.41) is 0. The van der Waals surface area contributed by atoms with Gasteiger partial charge in [0.1, 0.15) is 0 Å². The summed E-state index contributed by atoms with van der Waals surface area (Å²) in [5.74, 6) is 0.418. The molecule has 3 heteroatoms. The minimum atomic E-state index is 0. The van der Waals surface area contributed by atoms with Crippen LogP contribution in [0.5, 0.6) is 0 Å². The van der Waals surface area contributed by atoms with Crippen LogP contribution in [0.2, 0.25) is 0 Å². The zero-order valence-corrected chi connectivity index (χ0v) is 19.7. The minimum absolute atomic E-state index is 0. The molecular formula is C24H26Cl2Zr. The summed E-state index contributed by atoms with van der Waals surface area (Å²) in [6.45, 7) is 2.26. The molecule has 4 rings (SSSR count). The summed E-state index contributed by atoms with van der Waals surface area (Å²) in [5.41, 5.74) is 8.73. The molecule has 0 amide bonds. The van der Waals surface area contributed by atoms with Gasteiger partial charge in [0.05, 0.1) is 0 Å². The maximum absolute atomic E-state index is 2.48. The maximum atomic E-state index is 2.48. The third kappa shape index (κ3) is 4.94. The Labute approximate surface area is 194 Å². The topological polar surface area (TPSA) is 0 Å². The second kappa shape index (κ2) is 11.2. The number of unbranched alkanes of at least 4 members (excludes halogenated alkanes) is 2. The number of hydrogen-bond donors (Lipinski definition) is 0. The van der Waals surface area contributed by atoms with E-state index in [1.807, 2.05) is 0 Å². The van der Waals surface area contributed by atoms with Crippen molar-refractivity contribution in [2.75, 3.05) is 0 Å². The summed E-state index contributed by atoms with van der Waals surface area (Å²) in [6, 6.07) is 15.7. The van der Waals surface area contributed by atoms with Crippen molar-refractivity contribution >= 4 is 30.4 Å². The molecule has 0 aromatic heterocycles. The molecule has 0 atom stereocenters. The van der Waals surface area contributed by atoms with Crippen LogP contribution in [-0.2, 0) is 32.6 Å². The molecule has 0 heterocycles. The number of allylic oxidation sites excluding steroid dienone is 6. The number of rotatable bonds is 5. The summed E-state index contributed by atoms with van der Waals surface area (Å²) in [7, 11) is 0. The van der Waals surface area contributed by atoms with Crippen LogP contribution in [0.15, 0.2) is 72.8 Å². The molecule has 0 saturated carbocycles. The molecule has 27 heavy (non-hydrogen) atoms. The Bertz CT molecular complexity index is 837. The van der Waals surface area contributed by atoms with Crippen LogP contribution in [0.1, 0.15) is 42.9 Å². The number of fused-ring (bicyclic) bond motifs is 3. The minimum Gasteiger partial charge on any atom is -0.147 e. The predicted octanol–water partition coefficient (Wildman–Crippen LogP) is 7.41. The van der Waals surface area contributed by atoms with E-state index in [1.54, 1.807) is 0 Å². The van der Waals surface area contributed by atoms with E-state index < -0.39 is 0 Å². The van der Waals surface area contributed by atoms with E-state index >= 15 is 0 Å². The Morgan fingerprint density at radius 1 is 0.963 bits per heavy atom. The van der Waals surface area contributed by atoms with Gasteiger partial charge in [-0.25, -0.2) is 0 Å². The van der Waals surface area contributed by atoms with Crippen LogP contribution < -0.4 is 0 Å². The molecule has 0 nitrogen and oxygen atoms in total. The maximum Gasteiger partial charge on any atom is 0.0207 e.